The molecular formula is C22H25N3O2S. The standard InChI is InChI=1S/C22H25N3O2S/c1-14-12-22(2,3)25(19-10-9-15(27-4)11-16(14)19)20(26)13-28-21-23-17-7-5-6-8-18(17)24-21/h5-11,14H,12-13H2,1-4H3,(H,23,24)/t14-/m0/s1. The van der Waals surface area contributed by atoms with Gasteiger partial charge in [-0.2, -0.15) is 0 Å². The lowest BCUT2D eigenvalue weighted by atomic mass is 9.80. The molecule has 0 aliphatic carbocycles. The first kappa shape index (κ1) is 18.9. The van der Waals surface area contributed by atoms with E-state index in [9.17, 15) is 4.79 Å². The van der Waals surface area contributed by atoms with Crippen molar-refractivity contribution in [1.82, 2.24) is 9.97 Å². The van der Waals surface area contributed by atoms with Gasteiger partial charge < -0.3 is 14.6 Å². The molecule has 0 fully saturated rings. The second kappa shape index (κ2) is 7.17. The second-order valence-electron chi connectivity index (χ2n) is 7.92. The highest BCUT2D eigenvalue weighted by atomic mass is 32.2. The van der Waals surface area contributed by atoms with Crippen molar-refractivity contribution in [3.05, 3.63) is 48.0 Å². The molecule has 28 heavy (non-hydrogen) atoms. The zero-order chi connectivity index (χ0) is 19.9. The van der Waals surface area contributed by atoms with Crippen LogP contribution in [0, 0.1) is 0 Å². The molecule has 5 nitrogen and oxygen atoms in total. The van der Waals surface area contributed by atoms with Crippen LogP contribution in [-0.4, -0.2) is 34.3 Å². The van der Waals surface area contributed by atoms with Gasteiger partial charge in [-0.15, -0.1) is 0 Å². The van der Waals surface area contributed by atoms with Gasteiger partial charge >= 0.3 is 0 Å². The Balaban J connectivity index is 1.59. The average molecular weight is 396 g/mol. The Labute approximate surface area is 169 Å². The molecule has 0 saturated heterocycles. The van der Waals surface area contributed by atoms with E-state index in [2.05, 4.69) is 36.8 Å². The number of imidazole rings is 1. The van der Waals surface area contributed by atoms with Crippen molar-refractivity contribution in [3.8, 4) is 5.75 Å². The van der Waals surface area contributed by atoms with Gasteiger partial charge in [-0.05, 0) is 62.1 Å². The fraction of sp³-hybridized carbons (Fsp3) is 0.364. The van der Waals surface area contributed by atoms with Crippen LogP contribution < -0.4 is 9.64 Å². The molecule has 2 heterocycles. The molecule has 1 aromatic heterocycles. The molecule has 1 atom stereocenters. The Morgan fingerprint density at radius 2 is 2.11 bits per heavy atom. The van der Waals surface area contributed by atoms with Crippen LogP contribution in [0.1, 0.15) is 38.7 Å². The fourth-order valence-corrected chi connectivity index (χ4v) is 4.93. The summed E-state index contributed by atoms with van der Waals surface area (Å²) in [5.41, 5.74) is 3.82. The summed E-state index contributed by atoms with van der Waals surface area (Å²) < 4.78 is 5.39. The summed E-state index contributed by atoms with van der Waals surface area (Å²) >= 11 is 1.45. The highest BCUT2D eigenvalue weighted by Crippen LogP contribution is 2.44. The third kappa shape index (κ3) is 3.37. The first-order valence-electron chi connectivity index (χ1n) is 9.47. The number of methoxy groups -OCH3 is 1. The van der Waals surface area contributed by atoms with E-state index in [1.54, 1.807) is 7.11 Å². The van der Waals surface area contributed by atoms with Crippen LogP contribution in [0.25, 0.3) is 11.0 Å². The number of H-pyrrole nitrogens is 1. The number of anilines is 1. The number of thioether (sulfide) groups is 1. The van der Waals surface area contributed by atoms with Crippen LogP contribution in [-0.2, 0) is 4.79 Å². The average Bonchev–Trinajstić information content (AvgIpc) is 3.08. The maximum absolute atomic E-state index is 13.3. The fourth-order valence-electron chi connectivity index (χ4n) is 4.20. The Bertz CT molecular complexity index is 995. The van der Waals surface area contributed by atoms with Crippen molar-refractivity contribution in [2.75, 3.05) is 17.8 Å². The monoisotopic (exact) mass is 395 g/mol. The molecule has 1 N–H and O–H groups in total. The van der Waals surface area contributed by atoms with Gasteiger partial charge in [0.1, 0.15) is 5.75 Å². The number of nitrogens with one attached hydrogen (secondary N) is 1. The number of amides is 1. The largest absolute Gasteiger partial charge is 0.497 e. The van der Waals surface area contributed by atoms with E-state index < -0.39 is 0 Å². The highest BCUT2D eigenvalue weighted by Gasteiger charge is 2.39. The molecule has 1 aliphatic rings. The van der Waals surface area contributed by atoms with E-state index in [1.807, 2.05) is 41.3 Å². The molecule has 2 aromatic carbocycles. The zero-order valence-electron chi connectivity index (χ0n) is 16.7. The number of aromatic amines is 1. The minimum Gasteiger partial charge on any atom is -0.497 e. The van der Waals surface area contributed by atoms with Crippen LogP contribution >= 0.6 is 11.8 Å². The van der Waals surface area contributed by atoms with Gasteiger partial charge in [0, 0.05) is 11.2 Å². The van der Waals surface area contributed by atoms with Crippen molar-refractivity contribution in [2.24, 2.45) is 0 Å². The Morgan fingerprint density at radius 1 is 1.32 bits per heavy atom. The molecule has 1 amide bonds. The second-order valence-corrected chi connectivity index (χ2v) is 8.88. The Morgan fingerprint density at radius 3 is 2.86 bits per heavy atom. The summed E-state index contributed by atoms with van der Waals surface area (Å²) in [6, 6.07) is 13.9. The zero-order valence-corrected chi connectivity index (χ0v) is 17.5. The number of carbonyl (C=O) groups excluding carboxylic acids is 1. The van der Waals surface area contributed by atoms with Gasteiger partial charge in [0.15, 0.2) is 5.16 Å². The number of rotatable bonds is 4. The summed E-state index contributed by atoms with van der Waals surface area (Å²) in [6.45, 7) is 6.49. The number of benzene rings is 2. The molecule has 0 radical (unpaired) electrons. The van der Waals surface area contributed by atoms with Crippen molar-refractivity contribution in [2.45, 2.75) is 43.8 Å². The van der Waals surface area contributed by atoms with Crippen LogP contribution in [0.2, 0.25) is 0 Å². The minimum absolute atomic E-state index is 0.0915. The molecule has 4 rings (SSSR count). The third-order valence-electron chi connectivity index (χ3n) is 5.37. The van der Waals surface area contributed by atoms with E-state index in [4.69, 9.17) is 4.74 Å². The predicted octanol–water partition coefficient (Wildman–Crippen LogP) is 4.98. The lowest BCUT2D eigenvalue weighted by molar-refractivity contribution is -0.117. The van der Waals surface area contributed by atoms with E-state index >= 15 is 0 Å². The molecule has 0 spiro atoms. The molecule has 0 bridgehead atoms. The van der Waals surface area contributed by atoms with Crippen molar-refractivity contribution in [3.63, 3.8) is 0 Å². The lowest BCUT2D eigenvalue weighted by Gasteiger charge is -2.46. The summed E-state index contributed by atoms with van der Waals surface area (Å²) in [5, 5.41) is 0.771. The van der Waals surface area contributed by atoms with E-state index in [0.29, 0.717) is 11.7 Å². The number of ether oxygens (including phenoxy) is 1. The van der Waals surface area contributed by atoms with E-state index in [1.165, 1.54) is 17.3 Å². The quantitative estimate of drug-likeness (QED) is 0.633. The van der Waals surface area contributed by atoms with Gasteiger partial charge in [-0.1, -0.05) is 30.8 Å². The lowest BCUT2D eigenvalue weighted by Crippen LogP contribution is -2.52. The topological polar surface area (TPSA) is 58.2 Å². The number of fused-ring (bicyclic) bond motifs is 2. The SMILES string of the molecule is COc1ccc2c(c1)[C@@H](C)CC(C)(C)N2C(=O)CSc1nc2ccccc2[nH]1. The Kier molecular flexibility index (Phi) is 4.83. The summed E-state index contributed by atoms with van der Waals surface area (Å²) in [6.07, 6.45) is 0.911. The van der Waals surface area contributed by atoms with Gasteiger partial charge in [-0.25, -0.2) is 4.98 Å². The molecule has 6 heteroatoms. The number of nitrogens with zero attached hydrogens (tertiary/aromatic N) is 2. The van der Waals surface area contributed by atoms with E-state index in [-0.39, 0.29) is 11.4 Å². The smallest absolute Gasteiger partial charge is 0.237 e. The normalized spacial score (nSPS) is 18.1. The van der Waals surface area contributed by atoms with Gasteiger partial charge in [0.2, 0.25) is 5.91 Å². The number of carbonyl (C=O) groups is 1. The molecule has 3 aromatic rings. The first-order chi connectivity index (χ1) is 13.4. The third-order valence-corrected chi connectivity index (χ3v) is 6.23. The number of hydrogen-bond acceptors (Lipinski definition) is 4. The predicted molar refractivity (Wildman–Crippen MR) is 114 cm³/mol. The van der Waals surface area contributed by atoms with Gasteiger partial charge in [0.25, 0.3) is 0 Å². The summed E-state index contributed by atoms with van der Waals surface area (Å²) in [7, 11) is 1.67. The molecule has 0 saturated carbocycles. The number of aromatic nitrogens is 2. The highest BCUT2D eigenvalue weighted by molar-refractivity contribution is 7.99. The van der Waals surface area contributed by atoms with Crippen LogP contribution in [0.3, 0.4) is 0 Å². The molecule has 0 unspecified atom stereocenters. The summed E-state index contributed by atoms with van der Waals surface area (Å²) in [4.78, 5) is 23.1. The number of para-hydroxylation sites is 2. The molecular weight excluding hydrogens is 370 g/mol. The number of hydrogen-bond donors (Lipinski definition) is 1. The maximum atomic E-state index is 13.3. The van der Waals surface area contributed by atoms with E-state index in [0.717, 1.165) is 34.0 Å². The van der Waals surface area contributed by atoms with Gasteiger partial charge in [-0.3, -0.25) is 4.79 Å². The summed E-state index contributed by atoms with van der Waals surface area (Å²) in [5.74, 6) is 1.62. The first-order valence-corrected chi connectivity index (χ1v) is 10.5. The van der Waals surface area contributed by atoms with Crippen LogP contribution in [0.15, 0.2) is 47.6 Å². The van der Waals surface area contributed by atoms with Gasteiger partial charge in [0.05, 0.1) is 23.9 Å². The van der Waals surface area contributed by atoms with Crippen molar-refractivity contribution >= 4 is 34.4 Å². The molecule has 1 aliphatic heterocycles. The van der Waals surface area contributed by atoms with Crippen molar-refractivity contribution < 1.29 is 9.53 Å². The van der Waals surface area contributed by atoms with Crippen LogP contribution in [0.5, 0.6) is 5.75 Å². The molecule has 146 valence electrons. The van der Waals surface area contributed by atoms with Crippen LogP contribution in [0.4, 0.5) is 5.69 Å². The maximum Gasteiger partial charge on any atom is 0.237 e. The minimum atomic E-state index is -0.244. The Hall–Kier alpha value is -2.47. The van der Waals surface area contributed by atoms with Crippen molar-refractivity contribution in [1.29, 1.82) is 0 Å².